The Morgan fingerprint density at radius 2 is 1.67 bits per heavy atom. The number of esters is 1. The molecule has 0 atom stereocenters. The Hall–Kier alpha value is -4.97. The number of anilines is 1. The van der Waals surface area contributed by atoms with Crippen molar-refractivity contribution < 1.29 is 28.0 Å². The van der Waals surface area contributed by atoms with Gasteiger partial charge in [0.1, 0.15) is 0 Å². The summed E-state index contributed by atoms with van der Waals surface area (Å²) in [7, 11) is 1.29. The molecule has 2 aliphatic rings. The van der Waals surface area contributed by atoms with Crippen LogP contribution in [0, 0.1) is 11.8 Å². The first kappa shape index (κ1) is 28.2. The number of quaternary nitrogens is 1. The summed E-state index contributed by atoms with van der Waals surface area (Å²) in [4.78, 5) is 41.0. The predicted octanol–water partition coefficient (Wildman–Crippen LogP) is 4.88. The highest BCUT2D eigenvalue weighted by molar-refractivity contribution is 6.02. The summed E-state index contributed by atoms with van der Waals surface area (Å²) >= 11 is 0. The second-order valence-corrected chi connectivity index (χ2v) is 11.1. The van der Waals surface area contributed by atoms with Crippen LogP contribution in [0.4, 0.5) is 5.69 Å². The largest absolute Gasteiger partial charge is 0.465 e. The lowest BCUT2D eigenvalue weighted by molar-refractivity contribution is -0.774. The molecule has 2 amide bonds. The molecule has 1 fully saturated rings. The van der Waals surface area contributed by atoms with Gasteiger partial charge in [0.05, 0.1) is 31.3 Å². The number of furan rings is 1. The number of rotatable bonds is 4. The van der Waals surface area contributed by atoms with Gasteiger partial charge in [-0.15, -0.1) is 0 Å². The smallest absolute Gasteiger partial charge is 0.389 e. The summed E-state index contributed by atoms with van der Waals surface area (Å²) in [5.41, 5.74) is 10.3. The maximum Gasteiger partial charge on any atom is 0.389 e. The number of likely N-dealkylation sites (tertiary alicyclic amines) is 1. The van der Waals surface area contributed by atoms with Gasteiger partial charge in [-0.1, -0.05) is 42.3 Å². The van der Waals surface area contributed by atoms with Crippen molar-refractivity contribution in [3.63, 3.8) is 0 Å². The molecular weight excluding hydrogens is 542 g/mol. The van der Waals surface area contributed by atoms with Crippen LogP contribution >= 0.6 is 0 Å². The predicted molar refractivity (Wildman–Crippen MR) is 161 cm³/mol. The van der Waals surface area contributed by atoms with Crippen LogP contribution in [0.25, 0.3) is 0 Å². The Morgan fingerprint density at radius 3 is 2.42 bits per heavy atom. The van der Waals surface area contributed by atoms with Crippen LogP contribution < -0.4 is 11.1 Å². The lowest BCUT2D eigenvalue weighted by Gasteiger charge is -2.43. The average Bonchev–Trinajstić information content (AvgIpc) is 3.68. The number of hydrogen-bond acceptors (Lipinski definition) is 7. The number of hydrogen-bond donors (Lipinski definition) is 2. The van der Waals surface area contributed by atoms with Gasteiger partial charge in [0.25, 0.3) is 0 Å². The third-order valence-corrected chi connectivity index (χ3v) is 8.68. The van der Waals surface area contributed by atoms with Crippen LogP contribution in [0.15, 0.2) is 89.3 Å². The van der Waals surface area contributed by atoms with E-state index in [-0.39, 0.29) is 41.3 Å². The summed E-state index contributed by atoms with van der Waals surface area (Å²) in [6.07, 6.45) is 1.19. The molecule has 3 aromatic carbocycles. The molecule has 1 saturated heterocycles. The number of fused-ring (bicyclic) bond motifs is 2. The minimum Gasteiger partial charge on any atom is -0.465 e. The van der Waals surface area contributed by atoms with E-state index in [4.69, 9.17) is 14.9 Å². The molecule has 8 nitrogen and oxygen atoms in total. The van der Waals surface area contributed by atoms with Gasteiger partial charge >= 0.3 is 17.8 Å². The van der Waals surface area contributed by atoms with Crippen LogP contribution in [0.3, 0.4) is 0 Å². The molecule has 0 radical (unpaired) electrons. The monoisotopic (exact) mass is 574 g/mol. The molecule has 6 rings (SSSR count). The number of amides is 2. The molecule has 0 saturated carbocycles. The maximum atomic E-state index is 14.4. The fourth-order valence-corrected chi connectivity index (χ4v) is 6.19. The number of methoxy groups -OCH3 is 1. The molecule has 3 N–H and O–H groups in total. The highest BCUT2D eigenvalue weighted by Gasteiger charge is 2.55. The van der Waals surface area contributed by atoms with Gasteiger partial charge in [0.15, 0.2) is 5.76 Å². The quantitative estimate of drug-likeness (QED) is 0.155. The third kappa shape index (κ3) is 5.14. The number of imide groups is 1. The summed E-state index contributed by atoms with van der Waals surface area (Å²) in [6, 6.07) is 25.3. The van der Waals surface area contributed by atoms with Gasteiger partial charge in [-0.3, -0.25) is 0 Å². The van der Waals surface area contributed by atoms with E-state index in [2.05, 4.69) is 29.3 Å². The molecule has 1 aromatic heterocycles. The Labute approximate surface area is 250 Å². The number of carbonyl (C=O) groups excluding carboxylic acids is 3. The lowest BCUT2D eigenvalue weighted by atomic mass is 9.73. The van der Waals surface area contributed by atoms with Crippen molar-refractivity contribution in [3.05, 3.63) is 124 Å². The van der Waals surface area contributed by atoms with Crippen LogP contribution in [0.5, 0.6) is 0 Å². The van der Waals surface area contributed by atoms with Gasteiger partial charge in [-0.2, -0.15) is 4.48 Å². The number of piperidine rings is 1. The van der Waals surface area contributed by atoms with Crippen molar-refractivity contribution in [1.82, 2.24) is 0 Å². The van der Waals surface area contributed by atoms with E-state index in [0.29, 0.717) is 25.1 Å². The summed E-state index contributed by atoms with van der Waals surface area (Å²) in [5.74, 6) is 5.04. The second kappa shape index (κ2) is 11.4. The molecule has 0 aliphatic carbocycles. The summed E-state index contributed by atoms with van der Waals surface area (Å²) in [6.45, 7) is 1.68. The van der Waals surface area contributed by atoms with E-state index in [1.54, 1.807) is 30.3 Å². The Morgan fingerprint density at radius 1 is 0.907 bits per heavy atom. The van der Waals surface area contributed by atoms with Gasteiger partial charge in [-0.25, -0.2) is 14.4 Å². The van der Waals surface area contributed by atoms with Gasteiger partial charge < -0.3 is 20.2 Å². The van der Waals surface area contributed by atoms with Crippen LogP contribution in [0.1, 0.15) is 66.6 Å². The third-order valence-electron chi connectivity index (χ3n) is 8.68. The minimum atomic E-state index is -0.554. The first-order valence-electron chi connectivity index (χ1n) is 14.3. The van der Waals surface area contributed by atoms with Crippen molar-refractivity contribution in [2.75, 3.05) is 32.1 Å². The summed E-state index contributed by atoms with van der Waals surface area (Å²) in [5, 5.41) is 3.52. The molecule has 3 heterocycles. The van der Waals surface area contributed by atoms with E-state index in [0.717, 1.165) is 23.4 Å². The zero-order valence-electron chi connectivity index (χ0n) is 23.9. The van der Waals surface area contributed by atoms with Gasteiger partial charge in [0.2, 0.25) is 5.76 Å². The van der Waals surface area contributed by atoms with Crippen molar-refractivity contribution >= 4 is 23.5 Å². The first-order chi connectivity index (χ1) is 20.9. The highest BCUT2D eigenvalue weighted by Crippen LogP contribution is 2.46. The maximum absolute atomic E-state index is 14.4. The molecule has 0 unspecified atom stereocenters. The van der Waals surface area contributed by atoms with Gasteiger partial charge in [-0.05, 0) is 65.6 Å². The van der Waals surface area contributed by atoms with E-state index in [1.165, 1.54) is 18.7 Å². The van der Waals surface area contributed by atoms with Crippen molar-refractivity contribution in [3.8, 4) is 11.8 Å². The van der Waals surface area contributed by atoms with Crippen molar-refractivity contribution in [2.45, 2.75) is 24.8 Å². The fraction of sp³-hybridized carbons (Fsp3) is 0.229. The number of carbonyl (C=O) groups is 3. The highest BCUT2D eigenvalue weighted by atomic mass is 16.5. The first-order valence-corrected chi connectivity index (χ1v) is 14.3. The van der Waals surface area contributed by atoms with Gasteiger partial charge in [0, 0.05) is 42.6 Å². The summed E-state index contributed by atoms with van der Waals surface area (Å²) < 4.78 is 10.3. The van der Waals surface area contributed by atoms with E-state index < -0.39 is 16.4 Å². The van der Waals surface area contributed by atoms with Crippen LogP contribution in [0.2, 0.25) is 0 Å². The van der Waals surface area contributed by atoms with E-state index in [9.17, 15) is 14.4 Å². The molecule has 4 aromatic rings. The Bertz CT molecular complexity index is 1770. The van der Waals surface area contributed by atoms with Crippen LogP contribution in [-0.2, 0) is 16.7 Å². The minimum absolute atomic E-state index is 0.0705. The van der Waals surface area contributed by atoms with Crippen molar-refractivity contribution in [1.29, 1.82) is 0 Å². The molecule has 1 spiro atoms. The zero-order valence-corrected chi connectivity index (χ0v) is 23.9. The number of benzene rings is 3. The van der Waals surface area contributed by atoms with Crippen molar-refractivity contribution in [2.24, 2.45) is 5.73 Å². The van der Waals surface area contributed by atoms with E-state index >= 15 is 0 Å². The SMILES string of the molecule is COC(=O)c1cccc(C(=O)[N+]2(C(=O)c3ccc(C#Cc4ccccc4)o3)CCC3(CC2)CNc2ccc(CN)cc23)c1. The fourth-order valence-electron chi connectivity index (χ4n) is 6.19. The number of nitrogens with two attached hydrogens (primary N) is 1. The zero-order chi connectivity index (χ0) is 30.0. The number of ether oxygens (including phenoxy) is 1. The molecule has 8 heteroatoms. The molecule has 216 valence electrons. The molecule has 2 aliphatic heterocycles. The van der Waals surface area contributed by atoms with E-state index in [1.807, 2.05) is 36.4 Å². The second-order valence-electron chi connectivity index (χ2n) is 11.1. The molecule has 43 heavy (non-hydrogen) atoms. The number of nitrogens with one attached hydrogen (secondary N) is 1. The molecular formula is C35H32N3O5+. The topological polar surface area (TPSA) is 112 Å². The number of nitrogens with zero attached hydrogens (tertiary/aromatic N) is 1. The Kier molecular flexibility index (Phi) is 7.45. The average molecular weight is 575 g/mol. The lowest BCUT2D eigenvalue weighted by Crippen LogP contribution is -2.63. The van der Waals surface area contributed by atoms with Crippen LogP contribution in [-0.4, -0.2) is 49.0 Å². The Balaban J connectivity index is 1.36. The molecule has 0 bridgehead atoms. The standard InChI is InChI=1S/C35H32N3O5/c1-42-34(41)27-9-5-8-26(21-27)32(39)38(33(40)31-15-13-28(43-31)12-10-24-6-3-2-4-7-24)18-16-35(17-19-38)23-37-30-14-11-25(22-36)20-29(30)35/h2-9,11,13-15,20-21,37H,16-19,22-23,36H2,1H3/q+1. The normalized spacial score (nSPS) is 20.4.